The second-order valence-corrected chi connectivity index (χ2v) is 8.76. The molecular formula is C25H30N6O4. The number of nitrogens with one attached hydrogen (secondary N) is 1. The highest BCUT2D eigenvalue weighted by molar-refractivity contribution is 5.97. The van der Waals surface area contributed by atoms with Gasteiger partial charge in [0.25, 0.3) is 5.91 Å². The monoisotopic (exact) mass is 478 g/mol. The van der Waals surface area contributed by atoms with E-state index < -0.39 is 5.97 Å². The van der Waals surface area contributed by atoms with Crippen LogP contribution in [0.1, 0.15) is 26.5 Å². The zero-order valence-electron chi connectivity index (χ0n) is 20.4. The lowest BCUT2D eigenvalue weighted by atomic mass is 10.2. The molecule has 0 atom stereocenters. The molecule has 1 saturated heterocycles. The lowest BCUT2D eigenvalue weighted by molar-refractivity contribution is 0.0600. The lowest BCUT2D eigenvalue weighted by Crippen LogP contribution is -2.49. The fourth-order valence-electron chi connectivity index (χ4n) is 4.14. The quantitative estimate of drug-likeness (QED) is 0.566. The van der Waals surface area contributed by atoms with Crippen LogP contribution in [0, 0.1) is 0 Å². The van der Waals surface area contributed by atoms with Gasteiger partial charge in [-0.3, -0.25) is 9.69 Å². The Hall–Kier alpha value is -3.92. The number of nitrogens with zero attached hydrogens (tertiary/aromatic N) is 5. The summed E-state index contributed by atoms with van der Waals surface area (Å²) >= 11 is 0. The molecule has 1 aliphatic rings. The normalized spacial score (nSPS) is 14.1. The van der Waals surface area contributed by atoms with Gasteiger partial charge in [-0.25, -0.2) is 14.6 Å². The van der Waals surface area contributed by atoms with Crippen molar-refractivity contribution in [1.82, 2.24) is 24.3 Å². The van der Waals surface area contributed by atoms with Crippen molar-refractivity contribution in [3.05, 3.63) is 59.4 Å². The summed E-state index contributed by atoms with van der Waals surface area (Å²) in [6.45, 7) is 3.23. The average molecular weight is 479 g/mol. The van der Waals surface area contributed by atoms with Gasteiger partial charge in [-0.2, -0.15) is 0 Å². The molecule has 2 aromatic carbocycles. The number of aryl methyl sites for hydroxylation is 1. The molecular weight excluding hydrogens is 448 g/mol. The molecule has 4 rings (SSSR count). The second-order valence-electron chi connectivity index (χ2n) is 8.76. The van der Waals surface area contributed by atoms with Gasteiger partial charge in [0.15, 0.2) is 0 Å². The summed E-state index contributed by atoms with van der Waals surface area (Å²) in [6, 6.07) is 12.1. The summed E-state index contributed by atoms with van der Waals surface area (Å²) in [5.41, 5.74) is 3.32. The van der Waals surface area contributed by atoms with Crippen LogP contribution in [0.4, 0.5) is 10.5 Å². The number of hydrogen-bond donors (Lipinski definition) is 1. The summed E-state index contributed by atoms with van der Waals surface area (Å²) in [6.07, 6.45) is 0. The number of carbonyl (C=O) groups excluding carboxylic acids is 3. The maximum atomic E-state index is 12.7. The Morgan fingerprint density at radius 2 is 1.77 bits per heavy atom. The number of piperazine rings is 1. The van der Waals surface area contributed by atoms with Crippen LogP contribution < -0.4 is 5.32 Å². The van der Waals surface area contributed by atoms with Crippen LogP contribution in [-0.4, -0.2) is 89.5 Å². The molecule has 0 unspecified atom stereocenters. The van der Waals surface area contributed by atoms with Crippen molar-refractivity contribution >= 4 is 34.6 Å². The smallest absolute Gasteiger partial charge is 0.337 e. The molecule has 0 saturated carbocycles. The molecule has 35 heavy (non-hydrogen) atoms. The summed E-state index contributed by atoms with van der Waals surface area (Å²) in [7, 11) is 6.76. The molecule has 0 radical (unpaired) electrons. The molecule has 1 N–H and O–H groups in total. The number of methoxy groups -OCH3 is 1. The SMILES string of the molecule is COC(=O)c1cccc(NC(=O)N2CCN(Cc3nc4cc(C(=O)N(C)C)ccc4n3C)CC2)c1. The van der Waals surface area contributed by atoms with Gasteiger partial charge in [0, 0.05) is 58.6 Å². The number of esters is 1. The summed E-state index contributed by atoms with van der Waals surface area (Å²) in [5, 5.41) is 2.86. The standard InChI is InChI=1S/C25H30N6O4/c1-28(2)23(32)17-8-9-21-20(15-17)27-22(29(21)3)16-30-10-12-31(13-11-30)25(34)26-19-7-5-6-18(14-19)24(33)35-4/h5-9,14-15H,10-13,16H2,1-4H3,(H,26,34). The molecule has 1 aromatic heterocycles. The van der Waals surface area contributed by atoms with Gasteiger partial charge >= 0.3 is 12.0 Å². The number of imidazole rings is 1. The van der Waals surface area contributed by atoms with E-state index in [-0.39, 0.29) is 11.9 Å². The first kappa shape index (κ1) is 24.2. The molecule has 2 heterocycles. The molecule has 10 heteroatoms. The lowest BCUT2D eigenvalue weighted by Gasteiger charge is -2.34. The van der Waals surface area contributed by atoms with Gasteiger partial charge in [-0.05, 0) is 36.4 Å². The Bertz CT molecular complexity index is 1260. The zero-order chi connectivity index (χ0) is 25.1. The van der Waals surface area contributed by atoms with Crippen LogP contribution in [0.5, 0.6) is 0 Å². The number of ether oxygens (including phenoxy) is 1. The highest BCUT2D eigenvalue weighted by Gasteiger charge is 2.23. The maximum absolute atomic E-state index is 12.7. The molecule has 3 aromatic rings. The number of rotatable bonds is 5. The molecule has 0 bridgehead atoms. The molecule has 0 spiro atoms. The minimum Gasteiger partial charge on any atom is -0.465 e. The number of carbonyl (C=O) groups is 3. The first-order valence-corrected chi connectivity index (χ1v) is 11.4. The summed E-state index contributed by atoms with van der Waals surface area (Å²) in [5.74, 6) is 0.412. The van der Waals surface area contributed by atoms with Gasteiger partial charge in [0.1, 0.15) is 5.82 Å². The van der Waals surface area contributed by atoms with Crippen molar-refractivity contribution < 1.29 is 19.1 Å². The van der Waals surface area contributed by atoms with Gasteiger partial charge in [0.05, 0.1) is 30.3 Å². The Morgan fingerprint density at radius 1 is 1.03 bits per heavy atom. The predicted octanol–water partition coefficient (Wildman–Crippen LogP) is 2.41. The highest BCUT2D eigenvalue weighted by atomic mass is 16.5. The van der Waals surface area contributed by atoms with Crippen molar-refractivity contribution in [3.8, 4) is 0 Å². The number of aromatic nitrogens is 2. The Morgan fingerprint density at radius 3 is 2.46 bits per heavy atom. The number of anilines is 1. The van der Waals surface area contributed by atoms with E-state index in [9.17, 15) is 14.4 Å². The van der Waals surface area contributed by atoms with Crippen molar-refractivity contribution in [2.45, 2.75) is 6.54 Å². The van der Waals surface area contributed by atoms with E-state index in [0.717, 1.165) is 16.9 Å². The number of urea groups is 1. The maximum Gasteiger partial charge on any atom is 0.337 e. The van der Waals surface area contributed by atoms with Gasteiger partial charge in [0.2, 0.25) is 0 Å². The molecule has 3 amide bonds. The van der Waals surface area contributed by atoms with Crippen LogP contribution in [0.25, 0.3) is 11.0 Å². The van der Waals surface area contributed by atoms with Crippen LogP contribution >= 0.6 is 0 Å². The minimum atomic E-state index is -0.447. The van der Waals surface area contributed by atoms with E-state index in [1.54, 1.807) is 48.2 Å². The molecule has 1 fully saturated rings. The van der Waals surface area contributed by atoms with Gasteiger partial charge in [-0.15, -0.1) is 0 Å². The Labute approximate surface area is 204 Å². The van der Waals surface area contributed by atoms with E-state index in [1.165, 1.54) is 7.11 Å². The topological polar surface area (TPSA) is 100 Å². The first-order chi connectivity index (χ1) is 16.8. The fourth-order valence-corrected chi connectivity index (χ4v) is 4.14. The number of fused-ring (bicyclic) bond motifs is 1. The van der Waals surface area contributed by atoms with Crippen LogP contribution in [0.3, 0.4) is 0 Å². The van der Waals surface area contributed by atoms with E-state index in [1.807, 2.05) is 29.8 Å². The van der Waals surface area contributed by atoms with E-state index in [4.69, 9.17) is 9.72 Å². The van der Waals surface area contributed by atoms with Crippen LogP contribution in [-0.2, 0) is 18.3 Å². The summed E-state index contributed by atoms with van der Waals surface area (Å²) < 4.78 is 6.78. The molecule has 0 aliphatic carbocycles. The molecule has 1 aliphatic heterocycles. The van der Waals surface area contributed by atoms with E-state index in [2.05, 4.69) is 10.2 Å². The van der Waals surface area contributed by atoms with Crippen molar-refractivity contribution in [2.75, 3.05) is 52.7 Å². The largest absolute Gasteiger partial charge is 0.465 e. The minimum absolute atomic E-state index is 0.0504. The van der Waals surface area contributed by atoms with Crippen molar-refractivity contribution in [2.24, 2.45) is 7.05 Å². The molecule has 10 nitrogen and oxygen atoms in total. The number of amides is 3. The zero-order valence-corrected chi connectivity index (χ0v) is 20.4. The fraction of sp³-hybridized carbons (Fsp3) is 0.360. The van der Waals surface area contributed by atoms with E-state index >= 15 is 0 Å². The van der Waals surface area contributed by atoms with E-state index in [0.29, 0.717) is 49.5 Å². The second kappa shape index (κ2) is 10.1. The van der Waals surface area contributed by atoms with Crippen LogP contribution in [0.2, 0.25) is 0 Å². The average Bonchev–Trinajstić information content (AvgIpc) is 3.17. The number of hydrogen-bond acceptors (Lipinski definition) is 6. The van der Waals surface area contributed by atoms with Crippen molar-refractivity contribution in [3.63, 3.8) is 0 Å². The Balaban J connectivity index is 1.36. The predicted molar refractivity (Wildman–Crippen MR) is 132 cm³/mol. The van der Waals surface area contributed by atoms with Crippen LogP contribution in [0.15, 0.2) is 42.5 Å². The van der Waals surface area contributed by atoms with Gasteiger partial charge in [-0.1, -0.05) is 6.07 Å². The number of benzene rings is 2. The third-order valence-corrected chi connectivity index (χ3v) is 6.19. The van der Waals surface area contributed by atoms with Crippen molar-refractivity contribution in [1.29, 1.82) is 0 Å². The van der Waals surface area contributed by atoms with Gasteiger partial charge < -0.3 is 24.4 Å². The third-order valence-electron chi connectivity index (χ3n) is 6.19. The Kier molecular flexibility index (Phi) is 7.02. The third kappa shape index (κ3) is 5.27. The first-order valence-electron chi connectivity index (χ1n) is 11.4. The molecule has 184 valence electrons. The summed E-state index contributed by atoms with van der Waals surface area (Å²) in [4.78, 5) is 47.1. The highest BCUT2D eigenvalue weighted by Crippen LogP contribution is 2.20.